The van der Waals surface area contributed by atoms with Gasteiger partial charge in [0.2, 0.25) is 0 Å². The van der Waals surface area contributed by atoms with Crippen LogP contribution in [0.25, 0.3) is 0 Å². The molecule has 0 amide bonds. The summed E-state index contributed by atoms with van der Waals surface area (Å²) in [5, 5.41) is 1.05. The summed E-state index contributed by atoms with van der Waals surface area (Å²) in [6.07, 6.45) is -0.260. The van der Waals surface area contributed by atoms with Crippen molar-refractivity contribution in [1.82, 2.24) is 0 Å². The summed E-state index contributed by atoms with van der Waals surface area (Å²) >= 11 is 9.04. The molecule has 0 spiro atoms. The Morgan fingerprint density at radius 2 is 2.33 bits per heavy atom. The maximum Gasteiger partial charge on any atom is 0.342 e. The highest BCUT2D eigenvalue weighted by molar-refractivity contribution is 9.09. The molecule has 1 aliphatic rings. The SMILES string of the molecule is O=C1OC(CBr)COc2ccc(Cl)cc21. The van der Waals surface area contributed by atoms with Gasteiger partial charge in [0.05, 0.1) is 0 Å². The number of hydrogen-bond acceptors (Lipinski definition) is 3. The molecule has 0 radical (unpaired) electrons. The van der Waals surface area contributed by atoms with Crippen LogP contribution in [0.15, 0.2) is 18.2 Å². The van der Waals surface area contributed by atoms with E-state index in [4.69, 9.17) is 21.1 Å². The Morgan fingerprint density at radius 1 is 1.53 bits per heavy atom. The molecule has 1 aliphatic heterocycles. The minimum Gasteiger partial charge on any atom is -0.489 e. The van der Waals surface area contributed by atoms with Crippen molar-refractivity contribution in [3.63, 3.8) is 0 Å². The van der Waals surface area contributed by atoms with Gasteiger partial charge in [-0.2, -0.15) is 0 Å². The van der Waals surface area contributed by atoms with Gasteiger partial charge in [0, 0.05) is 10.4 Å². The summed E-state index contributed by atoms with van der Waals surface area (Å²) in [6, 6.07) is 4.91. The minimum absolute atomic E-state index is 0.260. The van der Waals surface area contributed by atoms with Crippen LogP contribution in [0.1, 0.15) is 10.4 Å². The Balaban J connectivity index is 2.35. The molecule has 1 atom stereocenters. The third kappa shape index (κ3) is 2.26. The van der Waals surface area contributed by atoms with Crippen LogP contribution in [0, 0.1) is 0 Å². The molecule has 0 bridgehead atoms. The number of fused-ring (bicyclic) bond motifs is 1. The van der Waals surface area contributed by atoms with Crippen LogP contribution in [0.5, 0.6) is 5.75 Å². The van der Waals surface area contributed by atoms with Crippen molar-refractivity contribution in [2.45, 2.75) is 6.10 Å². The van der Waals surface area contributed by atoms with E-state index in [2.05, 4.69) is 15.9 Å². The highest BCUT2D eigenvalue weighted by Crippen LogP contribution is 2.26. The summed E-state index contributed by atoms with van der Waals surface area (Å²) < 4.78 is 10.6. The van der Waals surface area contributed by atoms with Crippen LogP contribution in [-0.4, -0.2) is 24.0 Å². The van der Waals surface area contributed by atoms with Gasteiger partial charge in [0.1, 0.15) is 24.0 Å². The van der Waals surface area contributed by atoms with Gasteiger partial charge in [0.25, 0.3) is 0 Å². The fraction of sp³-hybridized carbons (Fsp3) is 0.300. The lowest BCUT2D eigenvalue weighted by molar-refractivity contribution is 0.0303. The summed E-state index contributed by atoms with van der Waals surface area (Å²) in [4.78, 5) is 11.6. The predicted octanol–water partition coefficient (Wildman–Crippen LogP) is 2.65. The molecule has 0 fully saturated rings. The molecule has 0 saturated heterocycles. The number of cyclic esters (lactones) is 1. The van der Waals surface area contributed by atoms with E-state index in [9.17, 15) is 4.79 Å². The first-order valence-corrected chi connectivity index (χ1v) is 5.90. The molecule has 1 aromatic carbocycles. The highest BCUT2D eigenvalue weighted by atomic mass is 79.9. The largest absolute Gasteiger partial charge is 0.489 e. The Kier molecular flexibility index (Phi) is 3.17. The second-order valence-corrected chi connectivity index (χ2v) is 4.22. The molecule has 0 saturated carbocycles. The van der Waals surface area contributed by atoms with Crippen LogP contribution in [0.3, 0.4) is 0 Å². The number of ether oxygens (including phenoxy) is 2. The van der Waals surface area contributed by atoms with E-state index in [1.807, 2.05) is 0 Å². The van der Waals surface area contributed by atoms with E-state index in [-0.39, 0.29) is 6.10 Å². The smallest absolute Gasteiger partial charge is 0.342 e. The third-order valence-corrected chi connectivity index (χ3v) is 2.99. The van der Waals surface area contributed by atoms with Gasteiger partial charge in [-0.15, -0.1) is 0 Å². The minimum atomic E-state index is -0.394. The Bertz CT molecular complexity index is 394. The first kappa shape index (κ1) is 10.8. The van der Waals surface area contributed by atoms with Gasteiger partial charge in [-0.25, -0.2) is 4.79 Å². The highest BCUT2D eigenvalue weighted by Gasteiger charge is 2.24. The van der Waals surface area contributed by atoms with Crippen LogP contribution in [-0.2, 0) is 4.74 Å². The topological polar surface area (TPSA) is 35.5 Å². The fourth-order valence-electron chi connectivity index (χ4n) is 1.30. The van der Waals surface area contributed by atoms with Crippen LogP contribution < -0.4 is 4.74 Å². The van der Waals surface area contributed by atoms with Crippen LogP contribution in [0.2, 0.25) is 5.02 Å². The Labute approximate surface area is 100 Å². The quantitative estimate of drug-likeness (QED) is 0.589. The monoisotopic (exact) mass is 290 g/mol. The lowest BCUT2D eigenvalue weighted by Gasteiger charge is -2.10. The van der Waals surface area contributed by atoms with Crippen molar-refractivity contribution in [2.75, 3.05) is 11.9 Å². The van der Waals surface area contributed by atoms with E-state index in [1.165, 1.54) is 0 Å². The van der Waals surface area contributed by atoms with Crippen LogP contribution in [0.4, 0.5) is 0 Å². The van der Waals surface area contributed by atoms with E-state index < -0.39 is 5.97 Å². The van der Waals surface area contributed by atoms with Crippen molar-refractivity contribution in [3.8, 4) is 5.75 Å². The zero-order chi connectivity index (χ0) is 10.8. The number of carbonyl (C=O) groups excluding carboxylic acids is 1. The summed E-state index contributed by atoms with van der Waals surface area (Å²) in [5.74, 6) is 0.127. The Morgan fingerprint density at radius 3 is 3.07 bits per heavy atom. The predicted molar refractivity (Wildman–Crippen MR) is 59.9 cm³/mol. The number of hydrogen-bond donors (Lipinski definition) is 0. The first-order chi connectivity index (χ1) is 7.20. The molecule has 80 valence electrons. The van der Waals surface area contributed by atoms with Crippen molar-refractivity contribution < 1.29 is 14.3 Å². The standard InChI is InChI=1S/C10H8BrClO3/c11-4-7-5-14-9-2-1-6(12)3-8(9)10(13)15-7/h1-3,7H,4-5H2. The van der Waals surface area contributed by atoms with Gasteiger partial charge >= 0.3 is 5.97 Å². The molecule has 0 aliphatic carbocycles. The molecule has 1 unspecified atom stereocenters. The van der Waals surface area contributed by atoms with E-state index in [0.717, 1.165) is 0 Å². The molecule has 2 rings (SSSR count). The molecule has 3 nitrogen and oxygen atoms in total. The lowest BCUT2D eigenvalue weighted by atomic mass is 10.2. The van der Waals surface area contributed by atoms with Gasteiger partial charge < -0.3 is 9.47 Å². The maximum absolute atomic E-state index is 11.6. The molecule has 1 aromatic rings. The van der Waals surface area contributed by atoms with Crippen LogP contribution >= 0.6 is 27.5 Å². The molecule has 0 aromatic heterocycles. The average molecular weight is 292 g/mol. The number of halogens is 2. The van der Waals surface area contributed by atoms with Crippen molar-refractivity contribution in [3.05, 3.63) is 28.8 Å². The van der Waals surface area contributed by atoms with E-state index in [0.29, 0.717) is 28.3 Å². The average Bonchev–Trinajstić information content (AvgIpc) is 2.39. The number of benzene rings is 1. The van der Waals surface area contributed by atoms with Crippen molar-refractivity contribution in [2.24, 2.45) is 0 Å². The molecular weight excluding hydrogens is 283 g/mol. The first-order valence-electron chi connectivity index (χ1n) is 4.40. The fourth-order valence-corrected chi connectivity index (χ4v) is 1.79. The zero-order valence-corrected chi connectivity index (χ0v) is 10.0. The molecule has 15 heavy (non-hydrogen) atoms. The third-order valence-electron chi connectivity index (χ3n) is 2.03. The molecule has 1 heterocycles. The van der Waals surface area contributed by atoms with E-state index >= 15 is 0 Å². The number of alkyl halides is 1. The number of rotatable bonds is 1. The van der Waals surface area contributed by atoms with Crippen molar-refractivity contribution >= 4 is 33.5 Å². The van der Waals surface area contributed by atoms with Gasteiger partial charge in [-0.1, -0.05) is 27.5 Å². The normalized spacial score (nSPS) is 19.9. The van der Waals surface area contributed by atoms with Gasteiger partial charge in [-0.05, 0) is 18.2 Å². The lowest BCUT2D eigenvalue weighted by Crippen LogP contribution is -2.23. The number of esters is 1. The van der Waals surface area contributed by atoms with E-state index in [1.54, 1.807) is 18.2 Å². The van der Waals surface area contributed by atoms with Crippen molar-refractivity contribution in [1.29, 1.82) is 0 Å². The molecule has 5 heteroatoms. The second kappa shape index (κ2) is 4.41. The number of carbonyl (C=O) groups is 1. The maximum atomic E-state index is 11.6. The summed E-state index contributed by atoms with van der Waals surface area (Å²) in [6.45, 7) is 0.353. The molecular formula is C10H8BrClO3. The summed E-state index contributed by atoms with van der Waals surface area (Å²) in [5.41, 5.74) is 0.381. The van der Waals surface area contributed by atoms with Gasteiger partial charge in [-0.3, -0.25) is 0 Å². The van der Waals surface area contributed by atoms with Gasteiger partial charge in [0.15, 0.2) is 0 Å². The molecule has 0 N–H and O–H groups in total. The summed E-state index contributed by atoms with van der Waals surface area (Å²) in [7, 11) is 0. The zero-order valence-electron chi connectivity index (χ0n) is 7.70. The Hall–Kier alpha value is -0.740. The second-order valence-electron chi connectivity index (χ2n) is 3.13.